The van der Waals surface area contributed by atoms with Gasteiger partial charge in [-0.3, -0.25) is 9.79 Å². The van der Waals surface area contributed by atoms with Gasteiger partial charge >= 0.3 is 0 Å². The van der Waals surface area contributed by atoms with Crippen molar-refractivity contribution in [3.8, 4) is 11.5 Å². The van der Waals surface area contributed by atoms with E-state index in [0.29, 0.717) is 25.5 Å². The van der Waals surface area contributed by atoms with Crippen LogP contribution in [-0.4, -0.2) is 62.7 Å². The second-order valence-corrected chi connectivity index (χ2v) is 8.81. The van der Waals surface area contributed by atoms with Crippen molar-refractivity contribution in [2.75, 3.05) is 45.9 Å². The highest BCUT2D eigenvalue weighted by Gasteiger charge is 2.36. The van der Waals surface area contributed by atoms with Crippen LogP contribution in [-0.2, 0) is 10.2 Å². The molecule has 1 saturated heterocycles. The molecular weight excluding hydrogens is 392 g/mol. The van der Waals surface area contributed by atoms with Crippen LogP contribution in [0.4, 0.5) is 0 Å². The molecule has 2 aliphatic heterocycles. The number of ether oxygens (including phenoxy) is 2. The Morgan fingerprint density at radius 2 is 1.94 bits per heavy atom. The Hall–Kier alpha value is -2.44. The fraction of sp³-hybridized carbons (Fsp3) is 0.667. The van der Waals surface area contributed by atoms with Crippen LogP contribution < -0.4 is 20.1 Å². The van der Waals surface area contributed by atoms with Gasteiger partial charge in [-0.15, -0.1) is 0 Å². The number of guanidine groups is 1. The molecule has 0 spiro atoms. The minimum absolute atomic E-state index is 0.0557. The minimum atomic E-state index is 0.0557. The van der Waals surface area contributed by atoms with Crippen molar-refractivity contribution in [2.45, 2.75) is 57.3 Å². The number of nitrogens with one attached hydrogen (secondary N) is 2. The first-order valence-electron chi connectivity index (χ1n) is 11.9. The van der Waals surface area contributed by atoms with Crippen molar-refractivity contribution in [3.63, 3.8) is 0 Å². The molecule has 2 N–H and O–H groups in total. The molecule has 4 rings (SSSR count). The van der Waals surface area contributed by atoms with E-state index in [1.54, 1.807) is 0 Å². The number of fused-ring (bicyclic) bond motifs is 1. The SMILES string of the molecule is CCNC(=NCC1(c2ccc3c(c2)OCCO3)CCCC1)NCCCN1CCCC1=O. The number of amides is 1. The molecule has 0 aromatic heterocycles. The molecule has 0 radical (unpaired) electrons. The number of likely N-dealkylation sites (tertiary alicyclic amines) is 1. The minimum Gasteiger partial charge on any atom is -0.486 e. The lowest BCUT2D eigenvalue weighted by molar-refractivity contribution is -0.127. The fourth-order valence-corrected chi connectivity index (χ4v) is 4.95. The van der Waals surface area contributed by atoms with Crippen molar-refractivity contribution in [1.29, 1.82) is 0 Å². The van der Waals surface area contributed by atoms with Crippen molar-refractivity contribution in [2.24, 2.45) is 4.99 Å². The van der Waals surface area contributed by atoms with Gasteiger partial charge in [0.05, 0.1) is 6.54 Å². The van der Waals surface area contributed by atoms with Crippen LogP contribution >= 0.6 is 0 Å². The molecule has 31 heavy (non-hydrogen) atoms. The molecule has 1 aromatic rings. The van der Waals surface area contributed by atoms with Gasteiger partial charge in [-0.05, 0) is 50.3 Å². The van der Waals surface area contributed by atoms with E-state index in [4.69, 9.17) is 14.5 Å². The summed E-state index contributed by atoms with van der Waals surface area (Å²) in [5.74, 6) is 2.86. The van der Waals surface area contributed by atoms with Crippen LogP contribution in [0.25, 0.3) is 0 Å². The first-order valence-corrected chi connectivity index (χ1v) is 11.9. The maximum atomic E-state index is 11.8. The lowest BCUT2D eigenvalue weighted by atomic mass is 9.79. The smallest absolute Gasteiger partial charge is 0.222 e. The van der Waals surface area contributed by atoms with Crippen molar-refractivity contribution < 1.29 is 14.3 Å². The Kier molecular flexibility index (Phi) is 7.20. The summed E-state index contributed by atoms with van der Waals surface area (Å²) in [7, 11) is 0. The number of carbonyl (C=O) groups excluding carboxylic acids is 1. The van der Waals surface area contributed by atoms with Gasteiger partial charge in [0, 0.05) is 38.0 Å². The van der Waals surface area contributed by atoms with Gasteiger partial charge < -0.3 is 25.0 Å². The Labute approximate surface area is 185 Å². The number of rotatable bonds is 8. The molecule has 7 heteroatoms. The van der Waals surface area contributed by atoms with Crippen LogP contribution in [0, 0.1) is 0 Å². The van der Waals surface area contributed by atoms with E-state index in [2.05, 4.69) is 35.8 Å². The van der Waals surface area contributed by atoms with Gasteiger partial charge in [0.2, 0.25) is 5.91 Å². The van der Waals surface area contributed by atoms with Gasteiger partial charge in [0.15, 0.2) is 17.5 Å². The average molecular weight is 429 g/mol. The van der Waals surface area contributed by atoms with Crippen LogP contribution in [0.5, 0.6) is 11.5 Å². The zero-order chi connectivity index (χ0) is 21.5. The summed E-state index contributed by atoms with van der Waals surface area (Å²) in [6, 6.07) is 6.42. The highest BCUT2D eigenvalue weighted by molar-refractivity contribution is 5.80. The summed E-state index contributed by atoms with van der Waals surface area (Å²) < 4.78 is 11.5. The number of carbonyl (C=O) groups is 1. The molecule has 3 aliphatic rings. The Balaban J connectivity index is 1.39. The third-order valence-electron chi connectivity index (χ3n) is 6.67. The monoisotopic (exact) mass is 428 g/mol. The largest absolute Gasteiger partial charge is 0.486 e. The number of nitrogens with zero attached hydrogens (tertiary/aromatic N) is 2. The lowest BCUT2D eigenvalue weighted by Gasteiger charge is -2.30. The molecule has 1 aliphatic carbocycles. The first-order chi connectivity index (χ1) is 15.2. The molecule has 1 amide bonds. The topological polar surface area (TPSA) is 75.2 Å². The quantitative estimate of drug-likeness (QED) is 0.378. The molecular formula is C24H36N4O3. The maximum absolute atomic E-state index is 11.8. The van der Waals surface area contributed by atoms with Crippen LogP contribution in [0.2, 0.25) is 0 Å². The standard InChI is InChI=1S/C24H36N4O3/c1-2-25-23(26-12-6-14-28-13-5-7-22(28)29)27-18-24(10-3-4-11-24)19-8-9-20-21(17-19)31-16-15-30-20/h8-9,17H,2-7,10-16,18H2,1H3,(H2,25,26,27). The summed E-state index contributed by atoms with van der Waals surface area (Å²) in [6.07, 6.45) is 7.40. The van der Waals surface area contributed by atoms with Gasteiger partial charge in [0.1, 0.15) is 13.2 Å². The second-order valence-electron chi connectivity index (χ2n) is 8.81. The predicted octanol–water partition coefficient (Wildman–Crippen LogP) is 2.84. The average Bonchev–Trinajstić information content (AvgIpc) is 3.44. The number of hydrogen-bond acceptors (Lipinski definition) is 4. The van der Waals surface area contributed by atoms with Gasteiger partial charge in [-0.2, -0.15) is 0 Å². The van der Waals surface area contributed by atoms with E-state index in [-0.39, 0.29) is 5.41 Å². The van der Waals surface area contributed by atoms with Crippen molar-refractivity contribution >= 4 is 11.9 Å². The van der Waals surface area contributed by atoms with Crippen LogP contribution in [0.3, 0.4) is 0 Å². The highest BCUT2D eigenvalue weighted by atomic mass is 16.6. The number of hydrogen-bond donors (Lipinski definition) is 2. The molecule has 0 unspecified atom stereocenters. The Morgan fingerprint density at radius 3 is 2.68 bits per heavy atom. The summed E-state index contributed by atoms with van der Waals surface area (Å²) >= 11 is 0. The van der Waals surface area contributed by atoms with Crippen LogP contribution in [0.15, 0.2) is 23.2 Å². The van der Waals surface area contributed by atoms with Gasteiger partial charge in [-0.1, -0.05) is 18.9 Å². The molecule has 1 saturated carbocycles. The molecule has 170 valence electrons. The van der Waals surface area contributed by atoms with E-state index < -0.39 is 0 Å². The lowest BCUT2D eigenvalue weighted by Crippen LogP contribution is -2.40. The second kappa shape index (κ2) is 10.2. The van der Waals surface area contributed by atoms with Crippen molar-refractivity contribution in [1.82, 2.24) is 15.5 Å². The van der Waals surface area contributed by atoms with E-state index in [0.717, 1.165) is 75.9 Å². The summed E-state index contributed by atoms with van der Waals surface area (Å²) in [5.41, 5.74) is 1.36. The third kappa shape index (κ3) is 5.25. The molecule has 2 fully saturated rings. The van der Waals surface area contributed by atoms with E-state index in [9.17, 15) is 4.79 Å². The number of aliphatic imine (C=N–C) groups is 1. The molecule has 2 heterocycles. The first kappa shape index (κ1) is 21.8. The Morgan fingerprint density at radius 1 is 1.13 bits per heavy atom. The Bertz CT molecular complexity index is 789. The van der Waals surface area contributed by atoms with Crippen LogP contribution in [0.1, 0.15) is 57.4 Å². The zero-order valence-electron chi connectivity index (χ0n) is 18.8. The third-order valence-corrected chi connectivity index (χ3v) is 6.67. The fourth-order valence-electron chi connectivity index (χ4n) is 4.95. The normalized spacial score (nSPS) is 20.2. The van der Waals surface area contributed by atoms with Gasteiger partial charge in [0.25, 0.3) is 0 Å². The summed E-state index contributed by atoms with van der Waals surface area (Å²) in [4.78, 5) is 18.7. The van der Waals surface area contributed by atoms with E-state index in [1.165, 1.54) is 18.4 Å². The van der Waals surface area contributed by atoms with E-state index in [1.807, 2.05) is 4.90 Å². The molecule has 0 bridgehead atoms. The van der Waals surface area contributed by atoms with E-state index >= 15 is 0 Å². The molecule has 7 nitrogen and oxygen atoms in total. The van der Waals surface area contributed by atoms with Crippen molar-refractivity contribution in [3.05, 3.63) is 23.8 Å². The molecule has 0 atom stereocenters. The predicted molar refractivity (Wildman–Crippen MR) is 122 cm³/mol. The summed E-state index contributed by atoms with van der Waals surface area (Å²) in [6.45, 7) is 7.45. The zero-order valence-corrected chi connectivity index (χ0v) is 18.8. The van der Waals surface area contributed by atoms with Gasteiger partial charge in [-0.25, -0.2) is 0 Å². The molecule has 1 aromatic carbocycles. The maximum Gasteiger partial charge on any atom is 0.222 e. The summed E-state index contributed by atoms with van der Waals surface area (Å²) in [5, 5.41) is 6.83. The highest BCUT2D eigenvalue weighted by Crippen LogP contribution is 2.44. The number of benzene rings is 1.